The van der Waals surface area contributed by atoms with Crippen molar-refractivity contribution >= 4 is 11.0 Å². The second kappa shape index (κ2) is 6.27. The predicted molar refractivity (Wildman–Crippen MR) is 93.8 cm³/mol. The van der Waals surface area contributed by atoms with Gasteiger partial charge in [0.15, 0.2) is 0 Å². The minimum absolute atomic E-state index is 0.757. The van der Waals surface area contributed by atoms with Gasteiger partial charge in [-0.1, -0.05) is 11.6 Å². The lowest BCUT2D eigenvalue weighted by atomic mass is 10.1. The number of hydrogen-bond donors (Lipinski definition) is 1. The summed E-state index contributed by atoms with van der Waals surface area (Å²) in [6.07, 6.45) is 1.31. The van der Waals surface area contributed by atoms with Crippen LogP contribution in [0.4, 0.5) is 0 Å². The molecular weight excluding hydrogens is 286 g/mol. The average molecular weight is 313 g/mol. The Morgan fingerprint density at radius 3 is 2.74 bits per heavy atom. The second-order valence-electron chi connectivity index (χ2n) is 7.11. The Morgan fingerprint density at radius 2 is 2.00 bits per heavy atom. The van der Waals surface area contributed by atoms with E-state index < -0.39 is 0 Å². The third-order valence-corrected chi connectivity index (χ3v) is 5.52. The number of furan rings is 1. The van der Waals surface area contributed by atoms with Crippen LogP contribution >= 0.6 is 0 Å². The molecule has 0 aliphatic carbocycles. The lowest BCUT2D eigenvalue weighted by Gasteiger charge is -2.37. The number of rotatable bonds is 3. The number of piperazine rings is 1. The molecule has 2 aromatic rings. The Morgan fingerprint density at radius 1 is 1.17 bits per heavy atom. The summed E-state index contributed by atoms with van der Waals surface area (Å²) in [5, 5.41) is 4.75. The summed E-state index contributed by atoms with van der Waals surface area (Å²) in [7, 11) is 0. The number of nitrogens with zero attached hydrogens (tertiary/aromatic N) is 2. The van der Waals surface area contributed by atoms with E-state index >= 15 is 0 Å². The summed E-state index contributed by atoms with van der Waals surface area (Å²) in [6.45, 7) is 12.3. The van der Waals surface area contributed by atoms with E-state index in [9.17, 15) is 0 Å². The van der Waals surface area contributed by atoms with Crippen molar-refractivity contribution < 1.29 is 4.42 Å². The van der Waals surface area contributed by atoms with Crippen molar-refractivity contribution in [2.75, 3.05) is 39.3 Å². The molecule has 23 heavy (non-hydrogen) atoms. The molecule has 124 valence electrons. The van der Waals surface area contributed by atoms with Crippen LogP contribution in [0.5, 0.6) is 0 Å². The highest BCUT2D eigenvalue weighted by Crippen LogP contribution is 2.27. The van der Waals surface area contributed by atoms with E-state index in [1.54, 1.807) is 0 Å². The van der Waals surface area contributed by atoms with Crippen molar-refractivity contribution in [2.45, 2.75) is 32.9 Å². The van der Waals surface area contributed by atoms with Crippen LogP contribution in [0.1, 0.15) is 23.3 Å². The summed E-state index contributed by atoms with van der Waals surface area (Å²) >= 11 is 0. The zero-order chi connectivity index (χ0) is 15.8. The van der Waals surface area contributed by atoms with Gasteiger partial charge in [0.25, 0.3) is 0 Å². The molecule has 4 nitrogen and oxygen atoms in total. The maximum Gasteiger partial charge on any atom is 0.134 e. The van der Waals surface area contributed by atoms with Gasteiger partial charge in [-0.3, -0.25) is 9.80 Å². The summed E-state index contributed by atoms with van der Waals surface area (Å²) < 4.78 is 6.12. The van der Waals surface area contributed by atoms with E-state index in [1.165, 1.54) is 49.1 Å². The molecular formula is C19H27N3O. The van der Waals surface area contributed by atoms with Crippen molar-refractivity contribution in [1.29, 1.82) is 0 Å². The highest BCUT2D eigenvalue weighted by Gasteiger charge is 2.26. The molecule has 3 heterocycles. The highest BCUT2D eigenvalue weighted by molar-refractivity contribution is 5.82. The average Bonchev–Trinajstić information content (AvgIpc) is 3.19. The first-order chi connectivity index (χ1) is 11.2. The third-order valence-electron chi connectivity index (χ3n) is 5.52. The maximum atomic E-state index is 6.12. The molecule has 4 rings (SSSR count). The summed E-state index contributed by atoms with van der Waals surface area (Å²) in [4.78, 5) is 5.20. The van der Waals surface area contributed by atoms with Crippen molar-refractivity contribution in [1.82, 2.24) is 15.1 Å². The zero-order valence-electron chi connectivity index (χ0n) is 14.3. The lowest BCUT2D eigenvalue weighted by Crippen LogP contribution is -2.50. The molecule has 4 heteroatoms. The van der Waals surface area contributed by atoms with E-state index in [4.69, 9.17) is 4.42 Å². The molecule has 0 saturated carbocycles. The standard InChI is InChI=1S/C19H27N3O/c1-14-3-4-18-17(11-14)15(2)19(23-18)13-21-7-9-22(10-8-21)16-5-6-20-12-16/h3-4,11,16,20H,5-10,12-13H2,1-2H3. The van der Waals surface area contributed by atoms with Gasteiger partial charge in [-0.25, -0.2) is 0 Å². The number of fused-ring (bicyclic) bond motifs is 1. The van der Waals surface area contributed by atoms with E-state index in [0.29, 0.717) is 0 Å². The minimum atomic E-state index is 0.757. The molecule has 2 aliphatic rings. The fourth-order valence-electron chi connectivity index (χ4n) is 3.98. The van der Waals surface area contributed by atoms with Crippen LogP contribution in [-0.2, 0) is 6.54 Å². The molecule has 1 unspecified atom stereocenters. The first-order valence-electron chi connectivity index (χ1n) is 8.86. The molecule has 1 aromatic heterocycles. The Kier molecular flexibility index (Phi) is 4.14. The minimum Gasteiger partial charge on any atom is -0.459 e. The lowest BCUT2D eigenvalue weighted by molar-refractivity contribution is 0.0938. The van der Waals surface area contributed by atoms with Crippen molar-refractivity contribution in [3.05, 3.63) is 35.1 Å². The monoisotopic (exact) mass is 313 g/mol. The molecule has 0 radical (unpaired) electrons. The Bertz CT molecular complexity index is 679. The summed E-state index contributed by atoms with van der Waals surface area (Å²) in [5.41, 5.74) is 3.64. The van der Waals surface area contributed by atoms with E-state index in [1.807, 2.05) is 0 Å². The van der Waals surface area contributed by atoms with Crippen LogP contribution in [0.3, 0.4) is 0 Å². The van der Waals surface area contributed by atoms with Crippen LogP contribution < -0.4 is 5.32 Å². The van der Waals surface area contributed by atoms with Crippen LogP contribution in [0.15, 0.2) is 22.6 Å². The Hall–Kier alpha value is -1.36. The molecule has 2 saturated heterocycles. The molecule has 0 spiro atoms. The largest absolute Gasteiger partial charge is 0.459 e. The van der Waals surface area contributed by atoms with Gasteiger partial charge in [-0.05, 0) is 44.5 Å². The van der Waals surface area contributed by atoms with Crippen molar-refractivity contribution in [3.8, 4) is 0 Å². The number of aryl methyl sites for hydroxylation is 2. The van der Waals surface area contributed by atoms with Crippen LogP contribution in [0, 0.1) is 13.8 Å². The second-order valence-corrected chi connectivity index (χ2v) is 7.11. The quantitative estimate of drug-likeness (QED) is 0.943. The van der Waals surface area contributed by atoms with E-state index in [2.05, 4.69) is 47.2 Å². The fourth-order valence-corrected chi connectivity index (χ4v) is 3.98. The van der Waals surface area contributed by atoms with Crippen LogP contribution in [0.25, 0.3) is 11.0 Å². The smallest absolute Gasteiger partial charge is 0.134 e. The van der Waals surface area contributed by atoms with E-state index in [0.717, 1.165) is 37.0 Å². The van der Waals surface area contributed by atoms with Gasteiger partial charge in [0.2, 0.25) is 0 Å². The number of hydrogen-bond acceptors (Lipinski definition) is 4. The van der Waals surface area contributed by atoms with Crippen LogP contribution in [-0.4, -0.2) is 55.1 Å². The Labute approximate surface area is 138 Å². The number of benzene rings is 1. The molecule has 1 N–H and O–H groups in total. The number of nitrogens with one attached hydrogen (secondary N) is 1. The van der Waals surface area contributed by atoms with Crippen LogP contribution in [0.2, 0.25) is 0 Å². The van der Waals surface area contributed by atoms with Crippen molar-refractivity contribution in [2.24, 2.45) is 0 Å². The molecule has 0 bridgehead atoms. The SMILES string of the molecule is Cc1ccc2oc(CN3CCN(C4CCNC4)CC3)c(C)c2c1. The maximum absolute atomic E-state index is 6.12. The van der Waals surface area contributed by atoms with E-state index in [-0.39, 0.29) is 0 Å². The van der Waals surface area contributed by atoms with Gasteiger partial charge in [0, 0.05) is 44.2 Å². The molecule has 1 aromatic carbocycles. The predicted octanol–water partition coefficient (Wildman–Crippen LogP) is 2.53. The summed E-state index contributed by atoms with van der Waals surface area (Å²) in [5.74, 6) is 1.14. The summed E-state index contributed by atoms with van der Waals surface area (Å²) in [6, 6.07) is 7.23. The normalized spacial score (nSPS) is 23.8. The van der Waals surface area contributed by atoms with Crippen molar-refractivity contribution in [3.63, 3.8) is 0 Å². The molecule has 2 fully saturated rings. The topological polar surface area (TPSA) is 31.7 Å². The van der Waals surface area contributed by atoms with Gasteiger partial charge in [0.1, 0.15) is 11.3 Å². The van der Waals surface area contributed by atoms with Gasteiger partial charge < -0.3 is 9.73 Å². The third kappa shape index (κ3) is 3.03. The fraction of sp³-hybridized carbons (Fsp3) is 0.579. The molecule has 2 aliphatic heterocycles. The Balaban J connectivity index is 1.42. The van der Waals surface area contributed by atoms with Gasteiger partial charge >= 0.3 is 0 Å². The highest BCUT2D eigenvalue weighted by atomic mass is 16.3. The van der Waals surface area contributed by atoms with Gasteiger partial charge in [0.05, 0.1) is 6.54 Å². The molecule has 0 amide bonds. The zero-order valence-corrected chi connectivity index (χ0v) is 14.3. The molecule has 1 atom stereocenters. The first kappa shape index (κ1) is 15.2. The van der Waals surface area contributed by atoms with Gasteiger partial charge in [-0.15, -0.1) is 0 Å². The first-order valence-corrected chi connectivity index (χ1v) is 8.86. The van der Waals surface area contributed by atoms with Gasteiger partial charge in [-0.2, -0.15) is 0 Å².